The molecule has 0 radical (unpaired) electrons. The molecular weight excluding hydrogens is 316 g/mol. The summed E-state index contributed by atoms with van der Waals surface area (Å²) in [6.07, 6.45) is 21.5. The Hall–Kier alpha value is -1.84. The van der Waals surface area contributed by atoms with Crippen molar-refractivity contribution < 1.29 is 19.4 Å². The van der Waals surface area contributed by atoms with Gasteiger partial charge >= 0.3 is 11.9 Å². The zero-order chi connectivity index (χ0) is 18.8. The van der Waals surface area contributed by atoms with Crippen LogP contribution in [0.1, 0.15) is 84.0 Å². The van der Waals surface area contributed by atoms with Gasteiger partial charge in [-0.05, 0) is 45.1 Å². The van der Waals surface area contributed by atoms with E-state index >= 15 is 0 Å². The molecule has 0 aliphatic heterocycles. The summed E-state index contributed by atoms with van der Waals surface area (Å²) in [5.41, 5.74) is 0. The molecule has 25 heavy (non-hydrogen) atoms. The minimum atomic E-state index is -1.30. The first-order valence-corrected chi connectivity index (χ1v) is 9.50. The molecule has 0 saturated carbocycles. The lowest BCUT2D eigenvalue weighted by Gasteiger charge is -2.03. The number of carboxylic acid groups (broad SMARTS) is 1. The maximum Gasteiger partial charge on any atom is 0.371 e. The Morgan fingerprint density at radius 1 is 0.880 bits per heavy atom. The molecule has 0 fully saturated rings. The monoisotopic (exact) mass is 350 g/mol. The minimum Gasteiger partial charge on any atom is -0.475 e. The molecule has 0 atom stereocenters. The smallest absolute Gasteiger partial charge is 0.371 e. The van der Waals surface area contributed by atoms with Gasteiger partial charge in [0.1, 0.15) is 0 Å². The average molecular weight is 350 g/mol. The van der Waals surface area contributed by atoms with E-state index in [1.807, 2.05) is 0 Å². The molecule has 0 amide bonds. The number of esters is 1. The zero-order valence-corrected chi connectivity index (χ0v) is 15.7. The van der Waals surface area contributed by atoms with Crippen molar-refractivity contribution in [2.24, 2.45) is 0 Å². The van der Waals surface area contributed by atoms with E-state index in [0.29, 0.717) is 0 Å². The fraction of sp³-hybridized carbons (Fsp3) is 0.619. The lowest BCUT2D eigenvalue weighted by Crippen LogP contribution is -2.09. The third-order valence-corrected chi connectivity index (χ3v) is 3.81. The van der Waals surface area contributed by atoms with Gasteiger partial charge in [0, 0.05) is 6.42 Å². The van der Waals surface area contributed by atoms with E-state index in [1.54, 1.807) is 0 Å². The van der Waals surface area contributed by atoms with E-state index in [2.05, 4.69) is 42.5 Å². The van der Waals surface area contributed by atoms with Gasteiger partial charge in [-0.25, -0.2) is 4.79 Å². The van der Waals surface area contributed by atoms with Crippen molar-refractivity contribution in [2.75, 3.05) is 0 Å². The number of carboxylic acids is 1. The summed E-state index contributed by atoms with van der Waals surface area (Å²) < 4.78 is 4.58. The van der Waals surface area contributed by atoms with Crippen LogP contribution in [0.5, 0.6) is 0 Å². The van der Waals surface area contributed by atoms with Gasteiger partial charge in [-0.3, -0.25) is 4.79 Å². The molecule has 0 spiro atoms. The van der Waals surface area contributed by atoms with Crippen LogP contribution in [-0.4, -0.2) is 17.0 Å². The SMILES string of the molecule is C=C(OC(=O)CCCCCCC/C=C\C/C=C\CCCCC)C(=O)O. The number of hydrogen-bond acceptors (Lipinski definition) is 3. The van der Waals surface area contributed by atoms with Crippen LogP contribution in [-0.2, 0) is 14.3 Å². The Morgan fingerprint density at radius 3 is 2.04 bits per heavy atom. The summed E-state index contributed by atoms with van der Waals surface area (Å²) in [5, 5.41) is 8.55. The second kappa shape index (κ2) is 17.0. The van der Waals surface area contributed by atoms with Gasteiger partial charge in [-0.15, -0.1) is 0 Å². The molecular formula is C21H34O4. The molecule has 0 aromatic carbocycles. The molecule has 0 aromatic heterocycles. The van der Waals surface area contributed by atoms with E-state index in [0.717, 1.165) is 44.9 Å². The van der Waals surface area contributed by atoms with Crippen LogP contribution in [0.4, 0.5) is 0 Å². The predicted octanol–water partition coefficient (Wildman–Crippen LogP) is 5.94. The molecule has 0 aliphatic carbocycles. The number of rotatable bonds is 16. The first kappa shape index (κ1) is 23.2. The molecule has 0 aromatic rings. The maximum atomic E-state index is 11.3. The van der Waals surface area contributed by atoms with Gasteiger partial charge in [0.25, 0.3) is 0 Å². The number of allylic oxidation sites excluding steroid dienone is 4. The summed E-state index contributed by atoms with van der Waals surface area (Å²) in [7, 11) is 0. The lowest BCUT2D eigenvalue weighted by atomic mass is 10.1. The minimum absolute atomic E-state index is 0.247. The number of ether oxygens (including phenoxy) is 1. The van der Waals surface area contributed by atoms with Gasteiger partial charge in [0.15, 0.2) is 0 Å². The number of carbonyl (C=O) groups excluding carboxylic acids is 1. The molecule has 0 rings (SSSR count). The van der Waals surface area contributed by atoms with E-state index in [1.165, 1.54) is 25.7 Å². The molecule has 4 nitrogen and oxygen atoms in total. The van der Waals surface area contributed by atoms with Crippen molar-refractivity contribution >= 4 is 11.9 Å². The van der Waals surface area contributed by atoms with E-state index in [-0.39, 0.29) is 6.42 Å². The van der Waals surface area contributed by atoms with E-state index in [4.69, 9.17) is 5.11 Å². The Labute approximate surface area is 152 Å². The van der Waals surface area contributed by atoms with Gasteiger partial charge in [-0.1, -0.05) is 63.3 Å². The molecule has 4 heteroatoms. The Bertz CT molecular complexity index is 435. The summed E-state index contributed by atoms with van der Waals surface area (Å²) in [6, 6.07) is 0. The van der Waals surface area contributed by atoms with Gasteiger partial charge in [0.2, 0.25) is 5.76 Å². The maximum absolute atomic E-state index is 11.3. The molecule has 0 heterocycles. The number of unbranched alkanes of at least 4 members (excludes halogenated alkanes) is 8. The third-order valence-electron chi connectivity index (χ3n) is 3.81. The van der Waals surface area contributed by atoms with Crippen LogP contribution in [0.2, 0.25) is 0 Å². The van der Waals surface area contributed by atoms with Crippen molar-refractivity contribution in [1.82, 2.24) is 0 Å². The normalized spacial score (nSPS) is 11.2. The predicted molar refractivity (Wildman–Crippen MR) is 102 cm³/mol. The first-order chi connectivity index (χ1) is 12.1. The van der Waals surface area contributed by atoms with Crippen LogP contribution >= 0.6 is 0 Å². The second-order valence-electron chi connectivity index (χ2n) is 6.18. The summed E-state index contributed by atoms with van der Waals surface area (Å²) in [5.74, 6) is -2.32. The third kappa shape index (κ3) is 16.8. The van der Waals surface area contributed by atoms with E-state index in [9.17, 15) is 9.59 Å². The van der Waals surface area contributed by atoms with Crippen molar-refractivity contribution in [3.63, 3.8) is 0 Å². The topological polar surface area (TPSA) is 63.6 Å². The fourth-order valence-electron chi connectivity index (χ4n) is 2.31. The highest BCUT2D eigenvalue weighted by Gasteiger charge is 2.10. The highest BCUT2D eigenvalue weighted by Crippen LogP contribution is 2.09. The molecule has 0 saturated heterocycles. The number of hydrogen-bond donors (Lipinski definition) is 1. The highest BCUT2D eigenvalue weighted by molar-refractivity contribution is 5.87. The Morgan fingerprint density at radius 2 is 1.44 bits per heavy atom. The van der Waals surface area contributed by atoms with Crippen LogP contribution in [0.25, 0.3) is 0 Å². The summed E-state index contributed by atoms with van der Waals surface area (Å²) in [6.45, 7) is 5.38. The number of carbonyl (C=O) groups is 2. The molecule has 0 aliphatic rings. The van der Waals surface area contributed by atoms with Gasteiger partial charge < -0.3 is 9.84 Å². The summed E-state index contributed by atoms with van der Waals surface area (Å²) >= 11 is 0. The molecule has 0 bridgehead atoms. The second-order valence-corrected chi connectivity index (χ2v) is 6.18. The average Bonchev–Trinajstić information content (AvgIpc) is 2.58. The van der Waals surface area contributed by atoms with Crippen molar-refractivity contribution in [2.45, 2.75) is 84.0 Å². The van der Waals surface area contributed by atoms with Crippen LogP contribution in [0.3, 0.4) is 0 Å². The standard InChI is InChI=1S/C21H34O4/c1-3-4-5-6-7-8-9-10-11-12-13-14-15-16-17-18-20(22)25-19(2)21(23)24/h7-8,10-11H,2-6,9,12-18H2,1H3,(H,23,24)/b8-7-,11-10-. The Balaban J connectivity index is 3.38. The fourth-order valence-corrected chi connectivity index (χ4v) is 2.31. The largest absolute Gasteiger partial charge is 0.475 e. The number of aliphatic carboxylic acids is 1. The lowest BCUT2D eigenvalue weighted by molar-refractivity contribution is -0.148. The summed E-state index contributed by atoms with van der Waals surface area (Å²) in [4.78, 5) is 21.8. The van der Waals surface area contributed by atoms with Crippen molar-refractivity contribution in [3.8, 4) is 0 Å². The van der Waals surface area contributed by atoms with Crippen molar-refractivity contribution in [3.05, 3.63) is 36.6 Å². The van der Waals surface area contributed by atoms with Gasteiger partial charge in [0.05, 0.1) is 0 Å². The molecule has 1 N–H and O–H groups in total. The zero-order valence-electron chi connectivity index (χ0n) is 15.7. The highest BCUT2D eigenvalue weighted by atomic mass is 16.6. The van der Waals surface area contributed by atoms with Crippen LogP contribution in [0, 0.1) is 0 Å². The van der Waals surface area contributed by atoms with Crippen molar-refractivity contribution in [1.29, 1.82) is 0 Å². The van der Waals surface area contributed by atoms with Crippen LogP contribution in [0.15, 0.2) is 36.6 Å². The molecule has 0 unspecified atom stereocenters. The quantitative estimate of drug-likeness (QED) is 0.123. The van der Waals surface area contributed by atoms with E-state index < -0.39 is 17.7 Å². The first-order valence-electron chi connectivity index (χ1n) is 9.50. The Kier molecular flexibility index (Phi) is 15.7. The van der Waals surface area contributed by atoms with Crippen LogP contribution < -0.4 is 0 Å². The molecule has 142 valence electrons. The van der Waals surface area contributed by atoms with Gasteiger partial charge in [-0.2, -0.15) is 0 Å².